The maximum Gasteiger partial charge on any atom is 0.327 e. The van der Waals surface area contributed by atoms with E-state index in [1.165, 1.54) is 12.1 Å². The van der Waals surface area contributed by atoms with Gasteiger partial charge in [-0.25, -0.2) is 4.79 Å². The van der Waals surface area contributed by atoms with Crippen LogP contribution in [0.4, 0.5) is 5.69 Å². The molecule has 19 heavy (non-hydrogen) atoms. The first-order valence-corrected chi connectivity index (χ1v) is 5.17. The molecule has 7 nitrogen and oxygen atoms in total. The number of nitrogens with zero attached hydrogens (tertiary/aromatic N) is 1. The average Bonchev–Trinajstić information content (AvgIpc) is 2.38. The second-order valence-electron chi connectivity index (χ2n) is 3.58. The molecule has 0 aliphatic rings. The van der Waals surface area contributed by atoms with Crippen molar-refractivity contribution in [2.45, 2.75) is 12.5 Å². The summed E-state index contributed by atoms with van der Waals surface area (Å²) < 4.78 is 0. The lowest BCUT2D eigenvalue weighted by Crippen LogP contribution is -2.40. The summed E-state index contributed by atoms with van der Waals surface area (Å²) in [5, 5.41) is 21.5. The average molecular weight is 262 g/mol. The first-order chi connectivity index (χ1) is 8.95. The topological polar surface area (TPSA) is 110 Å². The number of aliphatic carboxylic acids is 1. The SMILES string of the molecule is C#CCC(NC(=O)c1ccc([N+](=O)[O-])cc1)C(=O)O. The molecule has 2 N–H and O–H groups in total. The Labute approximate surface area is 108 Å². The maximum absolute atomic E-state index is 11.7. The minimum absolute atomic E-state index is 0.119. The molecule has 0 spiro atoms. The lowest BCUT2D eigenvalue weighted by atomic mass is 10.1. The van der Waals surface area contributed by atoms with Gasteiger partial charge in [0.1, 0.15) is 6.04 Å². The van der Waals surface area contributed by atoms with Gasteiger partial charge in [-0.2, -0.15) is 0 Å². The van der Waals surface area contributed by atoms with Gasteiger partial charge >= 0.3 is 5.97 Å². The minimum Gasteiger partial charge on any atom is -0.480 e. The van der Waals surface area contributed by atoms with Crippen molar-refractivity contribution >= 4 is 17.6 Å². The number of hydrogen-bond acceptors (Lipinski definition) is 4. The first-order valence-electron chi connectivity index (χ1n) is 5.17. The Bertz CT molecular complexity index is 544. The molecule has 1 aromatic rings. The van der Waals surface area contributed by atoms with E-state index in [2.05, 4.69) is 11.2 Å². The summed E-state index contributed by atoms with van der Waals surface area (Å²) in [4.78, 5) is 32.3. The number of hydrogen-bond donors (Lipinski definition) is 2. The molecule has 0 saturated carbocycles. The molecule has 1 aromatic carbocycles. The zero-order valence-corrected chi connectivity index (χ0v) is 9.70. The Kier molecular flexibility index (Phi) is 4.60. The number of nitrogens with one attached hydrogen (secondary N) is 1. The van der Waals surface area contributed by atoms with E-state index in [4.69, 9.17) is 11.5 Å². The van der Waals surface area contributed by atoms with Crippen molar-refractivity contribution < 1.29 is 19.6 Å². The molecule has 1 atom stereocenters. The Morgan fingerprint density at radius 3 is 2.42 bits per heavy atom. The molecular formula is C12H10N2O5. The van der Waals surface area contributed by atoms with Gasteiger partial charge in [0.15, 0.2) is 0 Å². The number of carboxylic acid groups (broad SMARTS) is 1. The highest BCUT2D eigenvalue weighted by molar-refractivity contribution is 5.96. The van der Waals surface area contributed by atoms with Gasteiger partial charge < -0.3 is 10.4 Å². The van der Waals surface area contributed by atoms with Crippen molar-refractivity contribution in [1.29, 1.82) is 0 Å². The second kappa shape index (κ2) is 6.16. The maximum atomic E-state index is 11.7. The van der Waals surface area contributed by atoms with Crippen molar-refractivity contribution in [3.8, 4) is 12.3 Å². The van der Waals surface area contributed by atoms with Crippen molar-refractivity contribution in [3.05, 3.63) is 39.9 Å². The Balaban J connectivity index is 2.80. The van der Waals surface area contributed by atoms with Crippen LogP contribution >= 0.6 is 0 Å². The van der Waals surface area contributed by atoms with E-state index in [9.17, 15) is 19.7 Å². The second-order valence-corrected chi connectivity index (χ2v) is 3.58. The van der Waals surface area contributed by atoms with Gasteiger partial charge in [-0.1, -0.05) is 0 Å². The number of rotatable bonds is 5. The molecule has 0 aromatic heterocycles. The summed E-state index contributed by atoms with van der Waals surface area (Å²) in [6.07, 6.45) is 4.85. The fourth-order valence-corrected chi connectivity index (χ4v) is 1.29. The van der Waals surface area contributed by atoms with Crippen molar-refractivity contribution in [3.63, 3.8) is 0 Å². The first kappa shape index (κ1) is 14.2. The van der Waals surface area contributed by atoms with E-state index in [0.29, 0.717) is 0 Å². The smallest absolute Gasteiger partial charge is 0.327 e. The van der Waals surface area contributed by atoms with Gasteiger partial charge in [-0.05, 0) is 12.1 Å². The fraction of sp³-hybridized carbons (Fsp3) is 0.167. The van der Waals surface area contributed by atoms with Crippen molar-refractivity contribution in [2.24, 2.45) is 0 Å². The molecule has 1 rings (SSSR count). The van der Waals surface area contributed by atoms with Crippen LogP contribution in [0.5, 0.6) is 0 Å². The van der Waals surface area contributed by atoms with Crippen LogP contribution in [-0.4, -0.2) is 27.9 Å². The molecule has 0 heterocycles. The van der Waals surface area contributed by atoms with Crippen LogP contribution in [0.3, 0.4) is 0 Å². The van der Waals surface area contributed by atoms with E-state index < -0.39 is 22.8 Å². The standard InChI is InChI=1S/C12H10N2O5/c1-2-3-10(12(16)17)13-11(15)8-4-6-9(7-5-8)14(18)19/h1,4-7,10H,3H2,(H,13,15)(H,16,17). The third kappa shape index (κ3) is 3.81. The van der Waals surface area contributed by atoms with Crippen LogP contribution in [0.25, 0.3) is 0 Å². The van der Waals surface area contributed by atoms with Crippen LogP contribution in [0, 0.1) is 22.5 Å². The Hall–Kier alpha value is -2.88. The number of benzene rings is 1. The van der Waals surface area contributed by atoms with E-state index in [-0.39, 0.29) is 17.7 Å². The number of nitro benzene ring substituents is 1. The summed E-state index contributed by atoms with van der Waals surface area (Å²) in [5.74, 6) is 0.248. The molecule has 0 bridgehead atoms. The summed E-state index contributed by atoms with van der Waals surface area (Å²) >= 11 is 0. The Morgan fingerprint density at radius 1 is 1.42 bits per heavy atom. The number of nitro groups is 1. The molecule has 1 unspecified atom stereocenters. The third-order valence-electron chi connectivity index (χ3n) is 2.27. The Morgan fingerprint density at radius 2 is 2.00 bits per heavy atom. The molecule has 0 radical (unpaired) electrons. The quantitative estimate of drug-likeness (QED) is 0.463. The van der Waals surface area contributed by atoms with Crippen LogP contribution < -0.4 is 5.32 Å². The van der Waals surface area contributed by atoms with Gasteiger partial charge in [-0.3, -0.25) is 14.9 Å². The van der Waals surface area contributed by atoms with E-state index in [1.54, 1.807) is 0 Å². The van der Waals surface area contributed by atoms with Crippen LogP contribution in [0.2, 0.25) is 0 Å². The van der Waals surface area contributed by atoms with Gasteiger partial charge in [0, 0.05) is 24.1 Å². The van der Waals surface area contributed by atoms with Gasteiger partial charge in [0.25, 0.3) is 11.6 Å². The number of amides is 1. The molecule has 0 saturated heterocycles. The largest absolute Gasteiger partial charge is 0.480 e. The lowest BCUT2D eigenvalue weighted by molar-refractivity contribution is -0.384. The molecule has 1 amide bonds. The number of terminal acetylenes is 1. The number of carbonyl (C=O) groups excluding carboxylic acids is 1. The molecule has 0 fully saturated rings. The number of carboxylic acids is 1. The van der Waals surface area contributed by atoms with Crippen LogP contribution in [0.15, 0.2) is 24.3 Å². The highest BCUT2D eigenvalue weighted by Crippen LogP contribution is 2.12. The summed E-state index contributed by atoms with van der Waals surface area (Å²) in [6.45, 7) is 0. The zero-order valence-electron chi connectivity index (χ0n) is 9.70. The third-order valence-corrected chi connectivity index (χ3v) is 2.27. The fourth-order valence-electron chi connectivity index (χ4n) is 1.29. The molecule has 7 heteroatoms. The summed E-state index contributed by atoms with van der Waals surface area (Å²) in [7, 11) is 0. The normalized spacial score (nSPS) is 11.1. The van der Waals surface area contributed by atoms with Crippen molar-refractivity contribution in [2.75, 3.05) is 0 Å². The highest BCUT2D eigenvalue weighted by Gasteiger charge is 2.19. The predicted molar refractivity (Wildman–Crippen MR) is 65.4 cm³/mol. The highest BCUT2D eigenvalue weighted by atomic mass is 16.6. The summed E-state index contributed by atoms with van der Waals surface area (Å²) in [6, 6.07) is 3.61. The van der Waals surface area contributed by atoms with Crippen molar-refractivity contribution in [1.82, 2.24) is 5.32 Å². The van der Waals surface area contributed by atoms with Crippen LogP contribution in [0.1, 0.15) is 16.8 Å². The number of carbonyl (C=O) groups is 2. The van der Waals surface area contributed by atoms with Gasteiger partial charge in [0.05, 0.1) is 4.92 Å². The van der Waals surface area contributed by atoms with E-state index >= 15 is 0 Å². The van der Waals surface area contributed by atoms with Crippen LogP contribution in [-0.2, 0) is 4.79 Å². The molecule has 98 valence electrons. The predicted octanol–water partition coefficient (Wildman–Crippen LogP) is 0.801. The van der Waals surface area contributed by atoms with E-state index in [0.717, 1.165) is 12.1 Å². The molecule has 0 aliphatic carbocycles. The lowest BCUT2D eigenvalue weighted by Gasteiger charge is -2.11. The van der Waals surface area contributed by atoms with Gasteiger partial charge in [-0.15, -0.1) is 12.3 Å². The minimum atomic E-state index is -1.24. The van der Waals surface area contributed by atoms with E-state index in [1.807, 2.05) is 0 Å². The molecular weight excluding hydrogens is 252 g/mol. The number of non-ortho nitro benzene ring substituents is 1. The van der Waals surface area contributed by atoms with Gasteiger partial charge in [0.2, 0.25) is 0 Å². The zero-order chi connectivity index (χ0) is 14.4. The monoisotopic (exact) mass is 262 g/mol. The molecule has 0 aliphatic heterocycles. The summed E-state index contributed by atoms with van der Waals surface area (Å²) in [5.41, 5.74) is -0.0381.